The Morgan fingerprint density at radius 3 is 2.90 bits per heavy atom. The first kappa shape index (κ1) is 15.0. The Hall–Kier alpha value is -1.36. The maximum absolute atomic E-state index is 12.2. The number of amides is 1. The molecule has 2 rings (SSSR count). The van der Waals surface area contributed by atoms with Crippen molar-refractivity contribution in [2.75, 3.05) is 6.54 Å². The van der Waals surface area contributed by atoms with Gasteiger partial charge in [0.05, 0.1) is 5.69 Å². The third-order valence-corrected chi connectivity index (χ3v) is 4.04. The standard InChI is InChI=1S/C15H25N3O2/c1-4-13-12(14(5-2)20-18-13)9-17-15(19)11-6-7-16-10(3)8-11/h10-11,16H,4-9H2,1-3H3,(H,17,19)/t10-,11-/m0/s1. The van der Waals surface area contributed by atoms with Crippen LogP contribution in [-0.2, 0) is 24.2 Å². The molecule has 112 valence electrons. The van der Waals surface area contributed by atoms with Crippen LogP contribution in [0.5, 0.6) is 0 Å². The molecule has 2 heterocycles. The van der Waals surface area contributed by atoms with Gasteiger partial charge in [0.25, 0.3) is 0 Å². The quantitative estimate of drug-likeness (QED) is 0.862. The van der Waals surface area contributed by atoms with E-state index in [1.54, 1.807) is 0 Å². The maximum Gasteiger partial charge on any atom is 0.223 e. The minimum Gasteiger partial charge on any atom is -0.361 e. The van der Waals surface area contributed by atoms with Crippen molar-refractivity contribution >= 4 is 5.91 Å². The number of aromatic nitrogens is 1. The number of nitrogens with zero attached hydrogens (tertiary/aromatic N) is 1. The van der Waals surface area contributed by atoms with Crippen LogP contribution in [0.25, 0.3) is 0 Å². The zero-order valence-electron chi connectivity index (χ0n) is 12.7. The second-order valence-corrected chi connectivity index (χ2v) is 5.53. The summed E-state index contributed by atoms with van der Waals surface area (Å²) in [5.41, 5.74) is 2.02. The van der Waals surface area contributed by atoms with Crippen LogP contribution >= 0.6 is 0 Å². The molecule has 0 unspecified atom stereocenters. The van der Waals surface area contributed by atoms with Gasteiger partial charge in [0.15, 0.2) is 0 Å². The first-order valence-electron chi connectivity index (χ1n) is 7.63. The smallest absolute Gasteiger partial charge is 0.223 e. The van der Waals surface area contributed by atoms with E-state index in [0.717, 1.165) is 49.2 Å². The third kappa shape index (κ3) is 3.39. The Balaban J connectivity index is 1.94. The van der Waals surface area contributed by atoms with Gasteiger partial charge in [0.2, 0.25) is 5.91 Å². The fraction of sp³-hybridized carbons (Fsp3) is 0.733. The van der Waals surface area contributed by atoms with E-state index in [1.165, 1.54) is 0 Å². The highest BCUT2D eigenvalue weighted by Gasteiger charge is 2.25. The van der Waals surface area contributed by atoms with Crippen LogP contribution in [0.1, 0.15) is 50.6 Å². The molecular weight excluding hydrogens is 254 g/mol. The molecule has 1 saturated heterocycles. The first-order chi connectivity index (χ1) is 9.65. The summed E-state index contributed by atoms with van der Waals surface area (Å²) in [6, 6.07) is 0.424. The molecule has 2 atom stereocenters. The maximum atomic E-state index is 12.2. The predicted octanol–water partition coefficient (Wildman–Crippen LogP) is 1.80. The second-order valence-electron chi connectivity index (χ2n) is 5.53. The molecule has 0 radical (unpaired) electrons. The summed E-state index contributed by atoms with van der Waals surface area (Å²) in [7, 11) is 0. The number of piperidine rings is 1. The molecule has 1 aromatic heterocycles. The summed E-state index contributed by atoms with van der Waals surface area (Å²) in [4.78, 5) is 12.2. The zero-order chi connectivity index (χ0) is 14.5. The monoisotopic (exact) mass is 279 g/mol. The van der Waals surface area contributed by atoms with E-state index in [2.05, 4.69) is 29.6 Å². The van der Waals surface area contributed by atoms with Crippen LogP contribution in [0.2, 0.25) is 0 Å². The van der Waals surface area contributed by atoms with Crippen molar-refractivity contribution in [3.8, 4) is 0 Å². The van der Waals surface area contributed by atoms with E-state index in [4.69, 9.17) is 4.52 Å². The molecule has 0 saturated carbocycles. The molecule has 1 aliphatic heterocycles. The minimum absolute atomic E-state index is 0.126. The van der Waals surface area contributed by atoms with E-state index in [0.29, 0.717) is 12.6 Å². The van der Waals surface area contributed by atoms with Gasteiger partial charge in [0, 0.05) is 30.5 Å². The molecule has 2 N–H and O–H groups in total. The normalized spacial score (nSPS) is 22.8. The number of aryl methyl sites for hydroxylation is 2. The van der Waals surface area contributed by atoms with Crippen molar-refractivity contribution < 1.29 is 9.32 Å². The van der Waals surface area contributed by atoms with Gasteiger partial charge < -0.3 is 15.2 Å². The molecule has 5 heteroatoms. The van der Waals surface area contributed by atoms with Gasteiger partial charge in [-0.15, -0.1) is 0 Å². The summed E-state index contributed by atoms with van der Waals surface area (Å²) < 4.78 is 5.32. The fourth-order valence-corrected chi connectivity index (χ4v) is 2.83. The topological polar surface area (TPSA) is 67.2 Å². The van der Waals surface area contributed by atoms with Gasteiger partial charge in [-0.1, -0.05) is 19.0 Å². The van der Waals surface area contributed by atoms with Gasteiger partial charge in [-0.2, -0.15) is 0 Å². The first-order valence-corrected chi connectivity index (χ1v) is 7.63. The van der Waals surface area contributed by atoms with Gasteiger partial charge in [-0.25, -0.2) is 0 Å². The number of hydrogen-bond acceptors (Lipinski definition) is 4. The van der Waals surface area contributed by atoms with E-state index >= 15 is 0 Å². The third-order valence-electron chi connectivity index (χ3n) is 4.04. The van der Waals surface area contributed by atoms with E-state index in [1.807, 2.05) is 6.92 Å². The number of carbonyl (C=O) groups excluding carboxylic acids is 1. The molecule has 1 amide bonds. The van der Waals surface area contributed by atoms with Crippen molar-refractivity contribution in [3.05, 3.63) is 17.0 Å². The largest absolute Gasteiger partial charge is 0.361 e. The molecule has 0 bridgehead atoms. The van der Waals surface area contributed by atoms with Crippen molar-refractivity contribution in [1.82, 2.24) is 15.8 Å². The molecule has 20 heavy (non-hydrogen) atoms. The molecule has 1 aliphatic rings. The van der Waals surface area contributed by atoms with Gasteiger partial charge in [-0.05, 0) is 32.7 Å². The van der Waals surface area contributed by atoms with E-state index in [-0.39, 0.29) is 11.8 Å². The summed E-state index contributed by atoms with van der Waals surface area (Å²) >= 11 is 0. The highest BCUT2D eigenvalue weighted by atomic mass is 16.5. The van der Waals surface area contributed by atoms with E-state index in [9.17, 15) is 4.79 Å². The molecule has 1 fully saturated rings. The van der Waals surface area contributed by atoms with E-state index < -0.39 is 0 Å². The molecule has 1 aromatic rings. The van der Waals surface area contributed by atoms with Crippen LogP contribution in [0.3, 0.4) is 0 Å². The lowest BCUT2D eigenvalue weighted by Crippen LogP contribution is -2.42. The SMILES string of the molecule is CCc1noc(CC)c1CNC(=O)[C@H]1CCN[C@@H](C)C1. The predicted molar refractivity (Wildman–Crippen MR) is 77.3 cm³/mol. The Morgan fingerprint density at radius 1 is 1.45 bits per heavy atom. The molecule has 5 nitrogen and oxygen atoms in total. The number of nitrogens with one attached hydrogen (secondary N) is 2. The van der Waals surface area contributed by atoms with Crippen molar-refractivity contribution in [2.45, 2.75) is 59.0 Å². The summed E-state index contributed by atoms with van der Waals surface area (Å²) in [5, 5.41) is 10.5. The second kappa shape index (κ2) is 6.88. The Morgan fingerprint density at radius 2 is 2.25 bits per heavy atom. The van der Waals surface area contributed by atoms with Crippen molar-refractivity contribution in [3.63, 3.8) is 0 Å². The lowest BCUT2D eigenvalue weighted by atomic mass is 9.92. The van der Waals surface area contributed by atoms with Gasteiger partial charge in [0.1, 0.15) is 5.76 Å². The van der Waals surface area contributed by atoms with Crippen LogP contribution in [0, 0.1) is 5.92 Å². The minimum atomic E-state index is 0.126. The number of hydrogen-bond donors (Lipinski definition) is 2. The Labute approximate surface area is 120 Å². The van der Waals surface area contributed by atoms with Gasteiger partial charge in [-0.3, -0.25) is 4.79 Å². The number of rotatable bonds is 5. The highest BCUT2D eigenvalue weighted by molar-refractivity contribution is 5.78. The van der Waals surface area contributed by atoms with Crippen LogP contribution < -0.4 is 10.6 Å². The zero-order valence-corrected chi connectivity index (χ0v) is 12.7. The van der Waals surface area contributed by atoms with Crippen LogP contribution in [0.15, 0.2) is 4.52 Å². The molecule has 0 aromatic carbocycles. The highest BCUT2D eigenvalue weighted by Crippen LogP contribution is 2.18. The fourth-order valence-electron chi connectivity index (χ4n) is 2.83. The molecular formula is C15H25N3O2. The Kier molecular flexibility index (Phi) is 5.17. The summed E-state index contributed by atoms with van der Waals surface area (Å²) in [6.45, 7) is 7.68. The average molecular weight is 279 g/mol. The van der Waals surface area contributed by atoms with Crippen molar-refractivity contribution in [2.24, 2.45) is 5.92 Å². The van der Waals surface area contributed by atoms with Crippen LogP contribution in [0.4, 0.5) is 0 Å². The summed E-state index contributed by atoms with van der Waals surface area (Å²) in [6.07, 6.45) is 3.47. The summed E-state index contributed by atoms with van der Waals surface area (Å²) in [5.74, 6) is 1.17. The van der Waals surface area contributed by atoms with Gasteiger partial charge >= 0.3 is 0 Å². The lowest BCUT2D eigenvalue weighted by molar-refractivity contribution is -0.126. The lowest BCUT2D eigenvalue weighted by Gasteiger charge is -2.27. The van der Waals surface area contributed by atoms with Crippen molar-refractivity contribution in [1.29, 1.82) is 0 Å². The number of carbonyl (C=O) groups is 1. The molecule has 0 aliphatic carbocycles. The Bertz CT molecular complexity index is 434. The van der Waals surface area contributed by atoms with Crippen LogP contribution in [-0.4, -0.2) is 23.7 Å². The molecule has 0 spiro atoms. The average Bonchev–Trinajstić information content (AvgIpc) is 2.86.